The topological polar surface area (TPSA) is 42.4 Å². The molecule has 1 aromatic heterocycles. The molecule has 0 aliphatic carbocycles. The first kappa shape index (κ1) is 11.1. The molecule has 1 saturated heterocycles. The van der Waals surface area contributed by atoms with Gasteiger partial charge in [-0.1, -0.05) is 0 Å². The smallest absolute Gasteiger partial charge is 0.256 e. The zero-order chi connectivity index (χ0) is 11.8. The van der Waals surface area contributed by atoms with Gasteiger partial charge in [0, 0.05) is 18.0 Å². The van der Waals surface area contributed by atoms with E-state index < -0.39 is 0 Å². The number of carbonyl (C=O) groups excluding carboxylic acids is 1. The molecule has 4 nitrogen and oxygen atoms in total. The van der Waals surface area contributed by atoms with Crippen molar-refractivity contribution in [2.75, 3.05) is 6.61 Å². The summed E-state index contributed by atoms with van der Waals surface area (Å²) in [7, 11) is 0. The molecule has 86 valence electrons. The normalized spacial score (nSPS) is 23.4. The van der Waals surface area contributed by atoms with Crippen LogP contribution in [0.25, 0.3) is 0 Å². The lowest BCUT2D eigenvalue weighted by atomic mass is 10.0. The number of hydrogen-bond acceptors (Lipinski definition) is 3. The molecule has 1 aromatic rings. The van der Waals surface area contributed by atoms with Gasteiger partial charge in [0.1, 0.15) is 6.23 Å². The van der Waals surface area contributed by atoms with Gasteiger partial charge in [0.15, 0.2) is 0 Å². The third-order valence-corrected chi connectivity index (χ3v) is 2.84. The maximum Gasteiger partial charge on any atom is 0.256 e. The molecule has 0 saturated carbocycles. The first-order chi connectivity index (χ1) is 7.52. The van der Waals surface area contributed by atoms with Crippen LogP contribution in [0.15, 0.2) is 24.5 Å². The fourth-order valence-corrected chi connectivity index (χ4v) is 2.03. The molecule has 1 aliphatic rings. The van der Waals surface area contributed by atoms with Crippen molar-refractivity contribution in [3.8, 4) is 0 Å². The zero-order valence-corrected chi connectivity index (χ0v) is 9.80. The van der Waals surface area contributed by atoms with Crippen LogP contribution in [-0.2, 0) is 4.74 Å². The maximum absolute atomic E-state index is 12.3. The third kappa shape index (κ3) is 1.80. The van der Waals surface area contributed by atoms with Crippen LogP contribution < -0.4 is 0 Å². The van der Waals surface area contributed by atoms with Gasteiger partial charge in [-0.3, -0.25) is 9.78 Å². The molecule has 0 spiro atoms. The Bertz CT molecular complexity index is 389. The number of aromatic nitrogens is 1. The van der Waals surface area contributed by atoms with Gasteiger partial charge in [0.05, 0.1) is 12.1 Å². The van der Waals surface area contributed by atoms with Gasteiger partial charge in [-0.15, -0.1) is 0 Å². The van der Waals surface area contributed by atoms with Crippen LogP contribution in [0.2, 0.25) is 0 Å². The second-order valence-electron chi connectivity index (χ2n) is 4.63. The van der Waals surface area contributed by atoms with E-state index in [2.05, 4.69) is 4.98 Å². The first-order valence-corrected chi connectivity index (χ1v) is 5.38. The summed E-state index contributed by atoms with van der Waals surface area (Å²) in [6.07, 6.45) is 3.08. The van der Waals surface area contributed by atoms with Crippen LogP contribution in [0.5, 0.6) is 0 Å². The van der Waals surface area contributed by atoms with E-state index in [9.17, 15) is 4.79 Å². The van der Waals surface area contributed by atoms with Crippen molar-refractivity contribution in [3.63, 3.8) is 0 Å². The van der Waals surface area contributed by atoms with Gasteiger partial charge >= 0.3 is 0 Å². The minimum Gasteiger partial charge on any atom is -0.356 e. The molecule has 16 heavy (non-hydrogen) atoms. The Hall–Kier alpha value is -1.42. The standard InChI is InChI=1S/C12H16N2O2/c1-9-14(12(2,3)8-16-9)11(15)10-4-6-13-7-5-10/h4-7,9H,8H2,1-3H3. The largest absolute Gasteiger partial charge is 0.356 e. The lowest BCUT2D eigenvalue weighted by Gasteiger charge is -2.32. The van der Waals surface area contributed by atoms with Crippen molar-refractivity contribution in [1.82, 2.24) is 9.88 Å². The Morgan fingerprint density at radius 2 is 2.12 bits per heavy atom. The lowest BCUT2D eigenvalue weighted by molar-refractivity contribution is 0.0307. The van der Waals surface area contributed by atoms with Gasteiger partial charge in [0.25, 0.3) is 5.91 Å². The Labute approximate surface area is 95.2 Å². The van der Waals surface area contributed by atoms with Crippen LogP contribution in [0.3, 0.4) is 0 Å². The van der Waals surface area contributed by atoms with Crippen molar-refractivity contribution < 1.29 is 9.53 Å². The summed E-state index contributed by atoms with van der Waals surface area (Å²) in [4.78, 5) is 18.0. The molecule has 1 aliphatic heterocycles. The van der Waals surface area contributed by atoms with E-state index in [0.29, 0.717) is 12.2 Å². The van der Waals surface area contributed by atoms with Crippen molar-refractivity contribution >= 4 is 5.91 Å². The maximum atomic E-state index is 12.3. The Kier molecular flexibility index (Phi) is 2.68. The Balaban J connectivity index is 2.28. The van der Waals surface area contributed by atoms with Gasteiger partial charge in [-0.25, -0.2) is 0 Å². The molecule has 0 N–H and O–H groups in total. The molecule has 0 radical (unpaired) electrons. The fraction of sp³-hybridized carbons (Fsp3) is 0.500. The van der Waals surface area contributed by atoms with E-state index in [1.807, 2.05) is 20.8 Å². The van der Waals surface area contributed by atoms with Crippen LogP contribution in [-0.4, -0.2) is 34.2 Å². The molecule has 1 atom stereocenters. The van der Waals surface area contributed by atoms with Gasteiger partial charge in [-0.05, 0) is 32.9 Å². The van der Waals surface area contributed by atoms with E-state index in [-0.39, 0.29) is 17.7 Å². The minimum atomic E-state index is -0.250. The predicted molar refractivity (Wildman–Crippen MR) is 59.9 cm³/mol. The molecule has 0 bridgehead atoms. The molecule has 2 heterocycles. The van der Waals surface area contributed by atoms with E-state index in [1.165, 1.54) is 0 Å². The molecule has 1 amide bonds. The number of hydrogen-bond donors (Lipinski definition) is 0. The number of rotatable bonds is 1. The Morgan fingerprint density at radius 3 is 2.62 bits per heavy atom. The van der Waals surface area contributed by atoms with Crippen molar-refractivity contribution in [3.05, 3.63) is 30.1 Å². The molecule has 1 fully saturated rings. The second-order valence-corrected chi connectivity index (χ2v) is 4.63. The number of nitrogens with zero attached hydrogens (tertiary/aromatic N) is 2. The van der Waals surface area contributed by atoms with E-state index in [4.69, 9.17) is 4.74 Å². The Morgan fingerprint density at radius 1 is 1.50 bits per heavy atom. The zero-order valence-electron chi connectivity index (χ0n) is 9.80. The van der Waals surface area contributed by atoms with Crippen molar-refractivity contribution in [2.24, 2.45) is 0 Å². The summed E-state index contributed by atoms with van der Waals surface area (Å²) in [6, 6.07) is 3.45. The summed E-state index contributed by atoms with van der Waals surface area (Å²) in [5.74, 6) is -0.00241. The van der Waals surface area contributed by atoms with Gasteiger partial charge in [0.2, 0.25) is 0 Å². The quantitative estimate of drug-likeness (QED) is 0.723. The predicted octanol–water partition coefficient (Wildman–Crippen LogP) is 1.68. The molecule has 4 heteroatoms. The highest BCUT2D eigenvalue weighted by atomic mass is 16.5. The van der Waals surface area contributed by atoms with Crippen molar-refractivity contribution in [2.45, 2.75) is 32.5 Å². The van der Waals surface area contributed by atoms with Gasteiger partial charge < -0.3 is 9.64 Å². The fourth-order valence-electron chi connectivity index (χ4n) is 2.03. The van der Waals surface area contributed by atoms with Gasteiger partial charge in [-0.2, -0.15) is 0 Å². The minimum absolute atomic E-state index is 0.00241. The summed E-state index contributed by atoms with van der Waals surface area (Å²) in [5, 5.41) is 0. The number of pyridine rings is 1. The molecule has 2 rings (SSSR count). The average molecular weight is 220 g/mol. The summed E-state index contributed by atoms with van der Waals surface area (Å²) >= 11 is 0. The van der Waals surface area contributed by atoms with E-state index in [0.717, 1.165) is 0 Å². The molecule has 1 unspecified atom stereocenters. The van der Waals surface area contributed by atoms with Crippen LogP contribution in [0, 0.1) is 0 Å². The van der Waals surface area contributed by atoms with E-state index in [1.54, 1.807) is 29.4 Å². The monoisotopic (exact) mass is 220 g/mol. The highest BCUT2D eigenvalue weighted by molar-refractivity contribution is 5.94. The summed E-state index contributed by atoms with van der Waals surface area (Å²) in [5.41, 5.74) is 0.403. The average Bonchev–Trinajstić information content (AvgIpc) is 2.53. The number of carbonyl (C=O) groups is 1. The molecule has 0 aromatic carbocycles. The number of amides is 1. The highest BCUT2D eigenvalue weighted by Crippen LogP contribution is 2.28. The van der Waals surface area contributed by atoms with Crippen LogP contribution >= 0.6 is 0 Å². The second kappa shape index (κ2) is 3.87. The van der Waals surface area contributed by atoms with E-state index >= 15 is 0 Å². The third-order valence-electron chi connectivity index (χ3n) is 2.84. The molecular formula is C12H16N2O2. The first-order valence-electron chi connectivity index (χ1n) is 5.38. The highest BCUT2D eigenvalue weighted by Gasteiger charge is 2.41. The SMILES string of the molecule is CC1OCC(C)(C)N1C(=O)c1ccncc1. The van der Waals surface area contributed by atoms with Crippen molar-refractivity contribution in [1.29, 1.82) is 0 Å². The number of ether oxygens (including phenoxy) is 1. The lowest BCUT2D eigenvalue weighted by Crippen LogP contribution is -2.47. The summed E-state index contributed by atoms with van der Waals surface area (Å²) < 4.78 is 5.51. The summed E-state index contributed by atoms with van der Waals surface area (Å²) in [6.45, 7) is 6.49. The van der Waals surface area contributed by atoms with Crippen LogP contribution in [0.4, 0.5) is 0 Å². The molecular weight excluding hydrogens is 204 g/mol. The van der Waals surface area contributed by atoms with Crippen LogP contribution in [0.1, 0.15) is 31.1 Å².